The molecule has 0 amide bonds. The van der Waals surface area contributed by atoms with Crippen molar-refractivity contribution in [3.63, 3.8) is 0 Å². The fourth-order valence-electron chi connectivity index (χ4n) is 2.21. The molecular formula is C16H21N3O. The topological polar surface area (TPSA) is 62.4 Å². The number of anilines is 1. The zero-order valence-corrected chi connectivity index (χ0v) is 11.7. The molecule has 106 valence electrons. The molecule has 4 heteroatoms. The zero-order valence-electron chi connectivity index (χ0n) is 11.7. The van der Waals surface area contributed by atoms with Crippen molar-refractivity contribution in [3.05, 3.63) is 59.9 Å². The average molecular weight is 271 g/mol. The predicted octanol–water partition coefficient (Wildman–Crippen LogP) is 2.22. The lowest BCUT2D eigenvalue weighted by molar-refractivity contribution is 0.113. The average Bonchev–Trinajstić information content (AvgIpc) is 2.48. The normalized spacial score (nSPS) is 12.6. The molecule has 0 spiro atoms. The maximum atomic E-state index is 10.3. The van der Waals surface area contributed by atoms with Crippen LogP contribution in [0, 0.1) is 0 Å². The van der Waals surface area contributed by atoms with E-state index in [9.17, 15) is 5.11 Å². The molecule has 0 aliphatic rings. The number of rotatable bonds is 6. The summed E-state index contributed by atoms with van der Waals surface area (Å²) >= 11 is 0. The molecule has 1 aromatic heterocycles. The van der Waals surface area contributed by atoms with E-state index in [1.807, 2.05) is 36.4 Å². The van der Waals surface area contributed by atoms with E-state index in [2.05, 4.69) is 16.8 Å². The van der Waals surface area contributed by atoms with Crippen LogP contribution in [0.4, 0.5) is 5.69 Å². The van der Waals surface area contributed by atoms with Crippen LogP contribution >= 0.6 is 0 Å². The number of hydrogen-bond acceptors (Lipinski definition) is 4. The Labute approximate surface area is 119 Å². The first-order valence-corrected chi connectivity index (χ1v) is 6.84. The van der Waals surface area contributed by atoms with Crippen LogP contribution in [0.5, 0.6) is 0 Å². The summed E-state index contributed by atoms with van der Waals surface area (Å²) in [4.78, 5) is 6.20. The van der Waals surface area contributed by atoms with E-state index in [4.69, 9.17) is 5.73 Å². The molecule has 3 N–H and O–H groups in total. The molecule has 1 heterocycles. The molecule has 1 unspecified atom stereocenters. The van der Waals surface area contributed by atoms with Crippen LogP contribution in [0.15, 0.2) is 48.8 Å². The van der Waals surface area contributed by atoms with Crippen molar-refractivity contribution in [1.82, 2.24) is 9.88 Å². The molecule has 0 radical (unpaired) electrons. The van der Waals surface area contributed by atoms with Gasteiger partial charge in [-0.2, -0.15) is 0 Å². The lowest BCUT2D eigenvalue weighted by atomic mass is 10.1. The Morgan fingerprint density at radius 3 is 2.55 bits per heavy atom. The lowest BCUT2D eigenvalue weighted by Gasteiger charge is -2.24. The Balaban J connectivity index is 2.01. The van der Waals surface area contributed by atoms with Crippen LogP contribution < -0.4 is 5.73 Å². The number of nitrogens with two attached hydrogens (primary N) is 1. The fourth-order valence-corrected chi connectivity index (χ4v) is 2.21. The minimum Gasteiger partial charge on any atom is -0.398 e. The summed E-state index contributed by atoms with van der Waals surface area (Å²) < 4.78 is 0. The third kappa shape index (κ3) is 3.79. The molecule has 0 saturated carbocycles. The van der Waals surface area contributed by atoms with Gasteiger partial charge in [0.25, 0.3) is 0 Å². The minimum absolute atomic E-state index is 0.563. The second kappa shape index (κ2) is 7.03. The SMILES string of the molecule is CCN(Cc1ccncc1)CC(O)c1ccccc1N. The highest BCUT2D eigenvalue weighted by Gasteiger charge is 2.14. The highest BCUT2D eigenvalue weighted by atomic mass is 16.3. The van der Waals surface area contributed by atoms with Crippen molar-refractivity contribution >= 4 is 5.69 Å². The monoisotopic (exact) mass is 271 g/mol. The van der Waals surface area contributed by atoms with Gasteiger partial charge in [0, 0.05) is 36.7 Å². The standard InChI is InChI=1S/C16H21N3O/c1-2-19(11-13-7-9-18-10-8-13)12-16(20)14-5-3-4-6-15(14)17/h3-10,16,20H,2,11-12,17H2,1H3. The van der Waals surface area contributed by atoms with Gasteiger partial charge in [-0.25, -0.2) is 0 Å². The maximum absolute atomic E-state index is 10.3. The molecule has 0 saturated heterocycles. The van der Waals surface area contributed by atoms with Gasteiger partial charge in [0.15, 0.2) is 0 Å². The first-order chi connectivity index (χ1) is 9.70. The van der Waals surface area contributed by atoms with Crippen molar-refractivity contribution in [2.75, 3.05) is 18.8 Å². The van der Waals surface area contributed by atoms with Crippen LogP contribution in [0.3, 0.4) is 0 Å². The van der Waals surface area contributed by atoms with Crippen LogP contribution in [0.25, 0.3) is 0 Å². The van der Waals surface area contributed by atoms with E-state index in [-0.39, 0.29) is 0 Å². The number of aliphatic hydroxyl groups excluding tert-OH is 1. The number of hydrogen-bond donors (Lipinski definition) is 2. The molecule has 4 nitrogen and oxygen atoms in total. The minimum atomic E-state index is -0.571. The summed E-state index contributed by atoms with van der Waals surface area (Å²) in [7, 11) is 0. The summed E-state index contributed by atoms with van der Waals surface area (Å²) in [6, 6.07) is 11.4. The van der Waals surface area contributed by atoms with Crippen molar-refractivity contribution in [1.29, 1.82) is 0 Å². The first-order valence-electron chi connectivity index (χ1n) is 6.84. The van der Waals surface area contributed by atoms with E-state index in [1.54, 1.807) is 12.4 Å². The van der Waals surface area contributed by atoms with Gasteiger partial charge in [0.05, 0.1) is 6.10 Å². The molecule has 0 aliphatic carbocycles. The Kier molecular flexibility index (Phi) is 5.09. The largest absolute Gasteiger partial charge is 0.398 e. The van der Waals surface area contributed by atoms with E-state index in [0.717, 1.165) is 18.7 Å². The first kappa shape index (κ1) is 14.5. The number of nitrogens with zero attached hydrogens (tertiary/aromatic N) is 2. The number of para-hydroxylation sites is 1. The molecule has 20 heavy (non-hydrogen) atoms. The summed E-state index contributed by atoms with van der Waals surface area (Å²) in [6.07, 6.45) is 3.00. The van der Waals surface area contributed by atoms with Gasteiger partial charge in [-0.05, 0) is 30.3 Å². The van der Waals surface area contributed by atoms with Gasteiger partial charge in [-0.3, -0.25) is 9.88 Å². The fraction of sp³-hybridized carbons (Fsp3) is 0.312. The molecule has 0 aliphatic heterocycles. The Morgan fingerprint density at radius 2 is 1.90 bits per heavy atom. The third-order valence-corrected chi connectivity index (χ3v) is 3.39. The van der Waals surface area contributed by atoms with Crippen molar-refractivity contribution in [2.45, 2.75) is 19.6 Å². The number of pyridine rings is 1. The van der Waals surface area contributed by atoms with E-state index < -0.39 is 6.10 Å². The Hall–Kier alpha value is -1.91. The van der Waals surface area contributed by atoms with Gasteiger partial charge < -0.3 is 10.8 Å². The summed E-state index contributed by atoms with van der Waals surface area (Å²) in [5.41, 5.74) is 8.53. The van der Waals surface area contributed by atoms with Gasteiger partial charge in [-0.1, -0.05) is 25.1 Å². The lowest BCUT2D eigenvalue weighted by Crippen LogP contribution is -2.28. The molecule has 2 aromatic rings. The van der Waals surface area contributed by atoms with E-state index in [1.165, 1.54) is 5.56 Å². The van der Waals surface area contributed by atoms with Gasteiger partial charge in [0.2, 0.25) is 0 Å². The number of aromatic nitrogens is 1. The number of nitrogen functional groups attached to an aromatic ring is 1. The third-order valence-electron chi connectivity index (χ3n) is 3.39. The summed E-state index contributed by atoms with van der Waals surface area (Å²) in [6.45, 7) is 4.31. The molecule has 1 aromatic carbocycles. The Morgan fingerprint density at radius 1 is 1.20 bits per heavy atom. The highest BCUT2D eigenvalue weighted by molar-refractivity contribution is 5.47. The van der Waals surface area contributed by atoms with Crippen LogP contribution in [0.1, 0.15) is 24.2 Å². The van der Waals surface area contributed by atoms with E-state index in [0.29, 0.717) is 12.2 Å². The highest BCUT2D eigenvalue weighted by Crippen LogP contribution is 2.21. The van der Waals surface area contributed by atoms with Gasteiger partial charge >= 0.3 is 0 Å². The Bertz CT molecular complexity index is 530. The van der Waals surface area contributed by atoms with Crippen molar-refractivity contribution in [2.24, 2.45) is 0 Å². The molecule has 0 bridgehead atoms. The zero-order chi connectivity index (χ0) is 14.4. The van der Waals surface area contributed by atoms with Gasteiger partial charge in [-0.15, -0.1) is 0 Å². The molecular weight excluding hydrogens is 250 g/mol. The smallest absolute Gasteiger partial charge is 0.0936 e. The molecule has 2 rings (SSSR count). The maximum Gasteiger partial charge on any atom is 0.0936 e. The predicted molar refractivity (Wildman–Crippen MR) is 81.0 cm³/mol. The van der Waals surface area contributed by atoms with Crippen LogP contribution in [-0.4, -0.2) is 28.1 Å². The van der Waals surface area contributed by atoms with Gasteiger partial charge in [0.1, 0.15) is 0 Å². The second-order valence-electron chi connectivity index (χ2n) is 4.83. The van der Waals surface area contributed by atoms with Crippen LogP contribution in [-0.2, 0) is 6.54 Å². The molecule has 0 fully saturated rings. The van der Waals surface area contributed by atoms with Crippen molar-refractivity contribution < 1.29 is 5.11 Å². The number of benzene rings is 1. The number of aliphatic hydroxyl groups is 1. The summed E-state index contributed by atoms with van der Waals surface area (Å²) in [5.74, 6) is 0. The number of likely N-dealkylation sites (N-methyl/N-ethyl adjacent to an activating group) is 1. The van der Waals surface area contributed by atoms with E-state index >= 15 is 0 Å². The molecule has 1 atom stereocenters. The van der Waals surface area contributed by atoms with Crippen molar-refractivity contribution in [3.8, 4) is 0 Å². The quantitative estimate of drug-likeness (QED) is 0.791. The summed E-state index contributed by atoms with van der Waals surface area (Å²) in [5, 5.41) is 10.3. The van der Waals surface area contributed by atoms with Crippen LogP contribution in [0.2, 0.25) is 0 Å². The second-order valence-corrected chi connectivity index (χ2v) is 4.83.